The van der Waals surface area contributed by atoms with Gasteiger partial charge in [0.25, 0.3) is 0 Å². The normalized spacial score (nSPS) is 15.3. The number of nitrogens with zero attached hydrogens (tertiary/aromatic N) is 7. The van der Waals surface area contributed by atoms with Gasteiger partial charge in [-0.05, 0) is 12.8 Å². The van der Waals surface area contributed by atoms with Crippen LogP contribution in [-0.4, -0.2) is 36.2 Å². The minimum absolute atomic E-state index is 0.387. The summed E-state index contributed by atoms with van der Waals surface area (Å²) < 4.78 is 0. The first-order chi connectivity index (χ1) is 11.9. The molecule has 7 nitrogen and oxygen atoms in total. The smallest absolute Gasteiger partial charge is 0.214 e. The van der Waals surface area contributed by atoms with Gasteiger partial charge < -0.3 is 0 Å². The van der Waals surface area contributed by atoms with Crippen LogP contribution in [0.2, 0.25) is 0 Å². The van der Waals surface area contributed by atoms with Gasteiger partial charge in [-0.25, -0.2) is 4.98 Å². The molecule has 0 unspecified atom stereocenters. The van der Waals surface area contributed by atoms with E-state index in [0.717, 1.165) is 34.5 Å². The first-order valence-electron chi connectivity index (χ1n) is 8.07. The maximum atomic E-state index is 4.49. The van der Waals surface area contributed by atoms with E-state index >= 15 is 0 Å². The van der Waals surface area contributed by atoms with Crippen molar-refractivity contribution >= 4 is 22.3 Å². The van der Waals surface area contributed by atoms with Crippen LogP contribution in [0.4, 0.5) is 10.9 Å². The topological polar surface area (TPSA) is 80.6 Å². The fourth-order valence-corrected chi connectivity index (χ4v) is 3.91. The second kappa shape index (κ2) is 6.96. The standard InChI is InChI=1S/C16H17N7S/c1-2-4-12(5-3-1)23(14-11-18-7-9-20-14)16-22-21-15(24-16)13-10-17-6-8-19-13/h6-12H,1-5H2. The molecule has 3 aromatic heterocycles. The van der Waals surface area contributed by atoms with Crippen LogP contribution in [-0.2, 0) is 0 Å². The fraction of sp³-hybridized carbons (Fsp3) is 0.375. The van der Waals surface area contributed by atoms with Gasteiger partial charge in [0.1, 0.15) is 5.69 Å². The summed E-state index contributed by atoms with van der Waals surface area (Å²) in [6.45, 7) is 0. The zero-order valence-corrected chi connectivity index (χ0v) is 13.9. The highest BCUT2D eigenvalue weighted by atomic mass is 32.1. The van der Waals surface area contributed by atoms with Crippen molar-refractivity contribution in [3.63, 3.8) is 0 Å². The van der Waals surface area contributed by atoms with Crippen LogP contribution in [0.15, 0.2) is 37.2 Å². The average molecular weight is 339 g/mol. The molecule has 0 aromatic carbocycles. The lowest BCUT2D eigenvalue weighted by molar-refractivity contribution is 0.433. The molecule has 0 atom stereocenters. The number of rotatable bonds is 4. The molecule has 122 valence electrons. The maximum Gasteiger partial charge on any atom is 0.214 e. The first kappa shape index (κ1) is 15.1. The zero-order valence-electron chi connectivity index (χ0n) is 13.1. The van der Waals surface area contributed by atoms with Crippen molar-refractivity contribution in [2.75, 3.05) is 4.90 Å². The van der Waals surface area contributed by atoms with E-state index in [4.69, 9.17) is 0 Å². The highest BCUT2D eigenvalue weighted by Crippen LogP contribution is 2.36. The molecular formula is C16H17N7S. The molecule has 3 aromatic rings. The first-order valence-corrected chi connectivity index (χ1v) is 8.88. The zero-order chi connectivity index (χ0) is 16.2. The molecule has 0 radical (unpaired) electrons. The average Bonchev–Trinajstić information content (AvgIpc) is 3.14. The number of hydrogen-bond acceptors (Lipinski definition) is 8. The number of aromatic nitrogens is 6. The minimum Gasteiger partial charge on any atom is -0.296 e. The van der Waals surface area contributed by atoms with Gasteiger partial charge in [-0.15, -0.1) is 10.2 Å². The lowest BCUT2D eigenvalue weighted by atomic mass is 9.94. The third-order valence-electron chi connectivity index (χ3n) is 4.14. The lowest BCUT2D eigenvalue weighted by Crippen LogP contribution is -2.33. The number of anilines is 2. The van der Waals surface area contributed by atoms with E-state index in [-0.39, 0.29) is 0 Å². The van der Waals surface area contributed by atoms with Crippen molar-refractivity contribution in [3.05, 3.63) is 37.2 Å². The second-order valence-corrected chi connectivity index (χ2v) is 6.66. The molecule has 24 heavy (non-hydrogen) atoms. The van der Waals surface area contributed by atoms with Gasteiger partial charge in [-0.3, -0.25) is 19.9 Å². The Balaban J connectivity index is 1.70. The highest BCUT2D eigenvalue weighted by Gasteiger charge is 2.27. The molecule has 8 heteroatoms. The molecule has 4 rings (SSSR count). The summed E-state index contributed by atoms with van der Waals surface area (Å²) in [7, 11) is 0. The summed E-state index contributed by atoms with van der Waals surface area (Å²) in [6.07, 6.45) is 16.3. The van der Waals surface area contributed by atoms with Gasteiger partial charge in [0.2, 0.25) is 5.13 Å². The predicted molar refractivity (Wildman–Crippen MR) is 92.0 cm³/mol. The summed E-state index contributed by atoms with van der Waals surface area (Å²) in [5.41, 5.74) is 0.740. The van der Waals surface area contributed by atoms with E-state index in [9.17, 15) is 0 Å². The van der Waals surface area contributed by atoms with Crippen LogP contribution < -0.4 is 4.90 Å². The third kappa shape index (κ3) is 3.09. The Hall–Kier alpha value is -2.48. The summed E-state index contributed by atoms with van der Waals surface area (Å²) in [5, 5.41) is 10.3. The Labute approximate surface area is 143 Å². The van der Waals surface area contributed by atoms with Gasteiger partial charge in [0.05, 0.1) is 12.4 Å². The van der Waals surface area contributed by atoms with Crippen LogP contribution in [0, 0.1) is 0 Å². The number of hydrogen-bond donors (Lipinski definition) is 0. The van der Waals surface area contributed by atoms with E-state index in [1.54, 1.807) is 37.2 Å². The van der Waals surface area contributed by atoms with E-state index in [2.05, 4.69) is 35.0 Å². The van der Waals surface area contributed by atoms with Crippen LogP contribution >= 0.6 is 11.3 Å². The van der Waals surface area contributed by atoms with Gasteiger partial charge in [0, 0.05) is 30.8 Å². The molecule has 1 saturated carbocycles. The molecule has 1 aliphatic carbocycles. The van der Waals surface area contributed by atoms with Crippen molar-refractivity contribution in [1.29, 1.82) is 0 Å². The van der Waals surface area contributed by atoms with Gasteiger partial charge in [-0.2, -0.15) is 0 Å². The van der Waals surface area contributed by atoms with E-state index in [0.29, 0.717) is 6.04 Å². The Kier molecular flexibility index (Phi) is 4.37. The molecule has 0 saturated heterocycles. The molecule has 1 fully saturated rings. The molecule has 0 spiro atoms. The van der Waals surface area contributed by atoms with E-state index in [1.807, 2.05) is 0 Å². The summed E-state index contributed by atoms with van der Waals surface area (Å²) in [6, 6.07) is 0.387. The van der Waals surface area contributed by atoms with Crippen LogP contribution in [0.5, 0.6) is 0 Å². The van der Waals surface area contributed by atoms with E-state index in [1.165, 1.54) is 30.6 Å². The van der Waals surface area contributed by atoms with Gasteiger partial charge >= 0.3 is 0 Å². The molecule has 0 aliphatic heterocycles. The third-order valence-corrected chi connectivity index (χ3v) is 5.08. The minimum atomic E-state index is 0.387. The van der Waals surface area contributed by atoms with Crippen LogP contribution in [0.25, 0.3) is 10.7 Å². The highest BCUT2D eigenvalue weighted by molar-refractivity contribution is 7.18. The largest absolute Gasteiger partial charge is 0.296 e. The van der Waals surface area contributed by atoms with Crippen molar-refractivity contribution in [1.82, 2.24) is 30.1 Å². The lowest BCUT2D eigenvalue weighted by Gasteiger charge is -2.32. The monoisotopic (exact) mass is 339 g/mol. The van der Waals surface area contributed by atoms with Crippen molar-refractivity contribution < 1.29 is 0 Å². The van der Waals surface area contributed by atoms with Crippen molar-refractivity contribution in [2.24, 2.45) is 0 Å². The Morgan fingerprint density at radius 2 is 1.67 bits per heavy atom. The van der Waals surface area contributed by atoms with Gasteiger partial charge in [0.15, 0.2) is 10.8 Å². The Morgan fingerprint density at radius 3 is 2.38 bits per heavy atom. The second-order valence-electron chi connectivity index (χ2n) is 5.71. The predicted octanol–water partition coefficient (Wildman–Crippen LogP) is 3.26. The molecule has 3 heterocycles. The molecular weight excluding hydrogens is 322 g/mol. The molecule has 1 aliphatic rings. The Morgan fingerprint density at radius 1 is 0.875 bits per heavy atom. The molecule has 0 N–H and O–H groups in total. The maximum absolute atomic E-state index is 4.49. The van der Waals surface area contributed by atoms with Crippen LogP contribution in [0.3, 0.4) is 0 Å². The van der Waals surface area contributed by atoms with Crippen LogP contribution in [0.1, 0.15) is 32.1 Å². The SMILES string of the molecule is c1cnc(-c2nnc(N(c3cnccn3)C3CCCCC3)s2)cn1. The summed E-state index contributed by atoms with van der Waals surface area (Å²) >= 11 is 1.52. The summed E-state index contributed by atoms with van der Waals surface area (Å²) in [5.74, 6) is 0.825. The fourth-order valence-electron chi connectivity index (χ4n) is 3.02. The summed E-state index contributed by atoms with van der Waals surface area (Å²) in [4.78, 5) is 19.3. The van der Waals surface area contributed by atoms with Crippen molar-refractivity contribution in [3.8, 4) is 10.7 Å². The van der Waals surface area contributed by atoms with Gasteiger partial charge in [-0.1, -0.05) is 30.6 Å². The Bertz CT molecular complexity index is 771. The molecule has 0 bridgehead atoms. The van der Waals surface area contributed by atoms with E-state index < -0.39 is 0 Å². The molecule has 0 amide bonds. The van der Waals surface area contributed by atoms with Crippen molar-refractivity contribution in [2.45, 2.75) is 38.1 Å². The quantitative estimate of drug-likeness (QED) is 0.721.